The van der Waals surface area contributed by atoms with E-state index in [1.165, 1.54) is 33.8 Å². The molecule has 2 N–H and O–H groups in total. The fraction of sp³-hybridized carbons (Fsp3) is 0.600. The van der Waals surface area contributed by atoms with Gasteiger partial charge in [-0.1, -0.05) is 6.08 Å². The third kappa shape index (κ3) is 2.73. The minimum absolute atomic E-state index is 0.919. The van der Waals surface area contributed by atoms with Crippen molar-refractivity contribution in [2.24, 2.45) is 5.73 Å². The number of carbonyl (C=O) groups excluding carboxylic acids is 2. The highest BCUT2D eigenvalue weighted by molar-refractivity contribution is 7.95. The van der Waals surface area contributed by atoms with Crippen LogP contribution in [0.1, 0.15) is 27.7 Å². The van der Waals surface area contributed by atoms with E-state index < -0.39 is 30.7 Å². The molecule has 0 rings (SSSR count). The minimum Gasteiger partial charge on any atom is -0.432 e. The van der Waals surface area contributed by atoms with E-state index in [9.17, 15) is 18.0 Å². The van der Waals surface area contributed by atoms with Crippen molar-refractivity contribution >= 4 is 32.6 Å². The van der Waals surface area contributed by atoms with E-state index in [0.717, 1.165) is 6.26 Å². The minimum atomic E-state index is -4.38. The molecule has 0 aromatic rings. The number of carbonyl (C=O) groups is 2. The van der Waals surface area contributed by atoms with Gasteiger partial charge in [0.1, 0.15) is 0 Å². The van der Waals surface area contributed by atoms with Crippen LogP contribution in [0.3, 0.4) is 0 Å². The Morgan fingerprint density at radius 3 is 2.00 bits per heavy atom. The molecule has 1 unspecified atom stereocenters. The first-order valence-corrected chi connectivity index (χ1v) is 6.84. The van der Waals surface area contributed by atoms with E-state index in [2.05, 4.69) is 4.74 Å². The molecule has 0 saturated heterocycles. The van der Waals surface area contributed by atoms with Crippen LogP contribution in [0.2, 0.25) is 0 Å². The topological polar surface area (TPSA) is 104 Å². The number of hydrogen-bond donors (Lipinski definition) is 1. The molecule has 0 aliphatic heterocycles. The Hall–Kier alpha value is -0.920. The van der Waals surface area contributed by atoms with Gasteiger partial charge in [0.15, 0.2) is 9.84 Å². The number of ether oxygens (including phenoxy) is 1. The maximum absolute atomic E-state index is 12.2. The van der Waals surface area contributed by atoms with Crippen LogP contribution in [0.5, 0.6) is 0 Å². The van der Waals surface area contributed by atoms with E-state index >= 15 is 0 Å². The van der Waals surface area contributed by atoms with E-state index in [1.807, 2.05) is 0 Å². The summed E-state index contributed by atoms with van der Waals surface area (Å²) in [6, 6.07) is 0. The Morgan fingerprint density at radius 1 is 1.28 bits per heavy atom. The van der Waals surface area contributed by atoms with Gasteiger partial charge in [-0.2, -0.15) is 0 Å². The molecule has 0 aromatic carbocycles. The van der Waals surface area contributed by atoms with Crippen LogP contribution in [0.4, 0.5) is 0 Å². The van der Waals surface area contributed by atoms with Crippen LogP contribution >= 0.6 is 11.6 Å². The van der Waals surface area contributed by atoms with Crippen LogP contribution in [0.25, 0.3) is 0 Å². The molecule has 8 heteroatoms. The fourth-order valence-electron chi connectivity index (χ4n) is 0.996. The third-order valence-corrected chi connectivity index (χ3v) is 5.36. The Balaban J connectivity index is 5.86. The van der Waals surface area contributed by atoms with Crippen molar-refractivity contribution in [3.8, 4) is 0 Å². The number of hydrogen-bond acceptors (Lipinski definition) is 6. The zero-order chi connectivity index (χ0) is 14.8. The maximum atomic E-state index is 12.2. The molecule has 18 heavy (non-hydrogen) atoms. The molecule has 0 saturated carbocycles. The van der Waals surface area contributed by atoms with Crippen molar-refractivity contribution < 1.29 is 22.7 Å². The molecule has 0 bridgehead atoms. The van der Waals surface area contributed by atoms with Gasteiger partial charge >= 0.3 is 5.97 Å². The molecule has 1 atom stereocenters. The molecule has 0 heterocycles. The van der Waals surface area contributed by atoms with E-state index in [1.54, 1.807) is 0 Å². The van der Waals surface area contributed by atoms with Gasteiger partial charge in [0, 0.05) is 0 Å². The summed E-state index contributed by atoms with van der Waals surface area (Å²) in [5.41, 5.74) is 5.41. The molecule has 0 aliphatic rings. The predicted molar refractivity (Wildman–Crippen MR) is 67.4 cm³/mol. The Labute approximate surface area is 111 Å². The second kappa shape index (κ2) is 5.38. The zero-order valence-electron chi connectivity index (χ0n) is 10.6. The Kier molecular flexibility index (Phi) is 5.10. The van der Waals surface area contributed by atoms with Crippen molar-refractivity contribution in [2.75, 3.05) is 0 Å². The van der Waals surface area contributed by atoms with Gasteiger partial charge in [-0.15, -0.1) is 0 Å². The summed E-state index contributed by atoms with van der Waals surface area (Å²) in [4.78, 5) is 20.1. The summed E-state index contributed by atoms with van der Waals surface area (Å²) in [7, 11) is -4.38. The summed E-state index contributed by atoms with van der Waals surface area (Å²) in [6.45, 7) is 5.43. The van der Waals surface area contributed by atoms with Crippen molar-refractivity contribution in [3.63, 3.8) is 0 Å². The lowest BCUT2D eigenvalue weighted by molar-refractivity contribution is -0.143. The number of rotatable bonds is 4. The van der Waals surface area contributed by atoms with Gasteiger partial charge in [-0.05, 0) is 39.3 Å². The first-order chi connectivity index (χ1) is 7.92. The molecule has 0 radical (unpaired) electrons. The highest BCUT2D eigenvalue weighted by atomic mass is 35.5. The number of allylic oxidation sites excluding steroid dienone is 1. The number of nitrogens with two attached hydrogens (primary N) is 1. The molecular weight excluding hydrogens is 282 g/mol. The molecule has 6 nitrogen and oxygen atoms in total. The molecule has 0 fully saturated rings. The van der Waals surface area contributed by atoms with Crippen LogP contribution in [0, 0.1) is 0 Å². The lowest BCUT2D eigenvalue weighted by Gasteiger charge is -2.30. The first kappa shape index (κ1) is 17.1. The highest BCUT2D eigenvalue weighted by Crippen LogP contribution is 2.28. The van der Waals surface area contributed by atoms with Gasteiger partial charge in [-0.25, -0.2) is 13.2 Å². The average molecular weight is 298 g/mol. The molecule has 104 valence electrons. The lowest BCUT2D eigenvalue weighted by Crippen LogP contribution is -2.63. The van der Waals surface area contributed by atoms with E-state index in [0.29, 0.717) is 0 Å². The fourth-order valence-corrected chi connectivity index (χ4v) is 2.82. The molecule has 0 aliphatic carbocycles. The van der Waals surface area contributed by atoms with Gasteiger partial charge in [0.2, 0.25) is 0 Å². The van der Waals surface area contributed by atoms with E-state index in [4.69, 9.17) is 17.3 Å². The predicted octanol–water partition coefficient (Wildman–Crippen LogP) is 0.697. The van der Waals surface area contributed by atoms with Crippen molar-refractivity contribution in [1.29, 1.82) is 0 Å². The summed E-state index contributed by atoms with van der Waals surface area (Å²) >= 11 is 5.18. The normalized spacial score (nSPS) is 16.3. The van der Waals surface area contributed by atoms with Crippen LogP contribution in [0.15, 0.2) is 12.3 Å². The highest BCUT2D eigenvalue weighted by Gasteiger charge is 2.59. The van der Waals surface area contributed by atoms with Gasteiger partial charge in [-0.3, -0.25) is 10.5 Å². The summed E-state index contributed by atoms with van der Waals surface area (Å²) in [5.74, 6) is -1.43. The quantitative estimate of drug-likeness (QED) is 0.354. The Morgan fingerprint density at radius 2 is 1.72 bits per heavy atom. The number of halogens is 1. The van der Waals surface area contributed by atoms with Crippen LogP contribution in [-0.2, 0) is 24.2 Å². The largest absolute Gasteiger partial charge is 0.432 e. The van der Waals surface area contributed by atoms with E-state index in [-0.39, 0.29) is 0 Å². The molecule has 0 aromatic heterocycles. The number of esters is 1. The second-order valence-corrected chi connectivity index (χ2v) is 7.72. The smallest absolute Gasteiger partial charge is 0.356 e. The van der Waals surface area contributed by atoms with Crippen molar-refractivity contribution in [2.45, 2.75) is 37.3 Å². The monoisotopic (exact) mass is 297 g/mol. The summed E-state index contributed by atoms with van der Waals surface area (Å²) in [5, 5.41) is -1.51. The zero-order valence-corrected chi connectivity index (χ0v) is 12.1. The van der Waals surface area contributed by atoms with Gasteiger partial charge in [0.05, 0.1) is 11.0 Å². The maximum Gasteiger partial charge on any atom is 0.356 e. The average Bonchev–Trinajstić information content (AvgIpc) is 2.22. The second-order valence-electron chi connectivity index (χ2n) is 4.50. The van der Waals surface area contributed by atoms with Crippen molar-refractivity contribution in [3.05, 3.63) is 12.3 Å². The molecular formula is C10H16ClNO5S. The standard InChI is InChI=1S/C10H16ClNO5S/c1-5-6-17-8(14)10(12,7(11)13)18(15,16)9(2,3)4/h5-6H,12H2,1-4H3. The third-order valence-electron chi connectivity index (χ3n) is 2.14. The first-order valence-electron chi connectivity index (χ1n) is 4.98. The SMILES string of the molecule is CC=COC(=O)C(N)(C(=O)Cl)S(=O)(=O)C(C)(C)C. The Bertz CT molecular complexity index is 477. The van der Waals surface area contributed by atoms with Crippen LogP contribution in [-0.4, -0.2) is 29.2 Å². The van der Waals surface area contributed by atoms with Gasteiger partial charge in [0.25, 0.3) is 10.1 Å². The van der Waals surface area contributed by atoms with Gasteiger partial charge < -0.3 is 4.74 Å². The van der Waals surface area contributed by atoms with Crippen LogP contribution < -0.4 is 5.73 Å². The van der Waals surface area contributed by atoms with Crippen molar-refractivity contribution in [1.82, 2.24) is 0 Å². The number of sulfone groups is 1. The summed E-state index contributed by atoms with van der Waals surface area (Å²) in [6.07, 6.45) is 2.25. The molecule has 0 amide bonds. The lowest BCUT2D eigenvalue weighted by atomic mass is 10.3. The summed E-state index contributed by atoms with van der Waals surface area (Å²) < 4.78 is 27.4. The molecule has 0 spiro atoms.